The van der Waals surface area contributed by atoms with Gasteiger partial charge in [-0.3, -0.25) is 0 Å². The van der Waals surface area contributed by atoms with Gasteiger partial charge in [0.25, 0.3) is 0 Å². The van der Waals surface area contributed by atoms with Gasteiger partial charge in [-0.2, -0.15) is 0 Å². The fourth-order valence-electron chi connectivity index (χ4n) is 3.03. The second-order valence-electron chi connectivity index (χ2n) is 5.67. The molecule has 0 bridgehead atoms. The second-order valence-corrected chi connectivity index (χ2v) is 5.67. The molecule has 0 unspecified atom stereocenters. The number of rotatable bonds is 9. The number of hydrogen-bond acceptors (Lipinski definition) is 6. The number of hydrogen-bond donors (Lipinski definition) is 2. The first kappa shape index (κ1) is 19.9. The van der Waals surface area contributed by atoms with Gasteiger partial charge in [0.05, 0.1) is 28.4 Å². The zero-order valence-corrected chi connectivity index (χ0v) is 15.7. The molecule has 6 nitrogen and oxygen atoms in total. The van der Waals surface area contributed by atoms with E-state index < -0.39 is 0 Å². The van der Waals surface area contributed by atoms with Crippen LogP contribution in [0.3, 0.4) is 0 Å². The smallest absolute Gasteiger partial charge is 0.161 e. The Hall–Kier alpha value is -2.44. The van der Waals surface area contributed by atoms with Crippen LogP contribution in [0.25, 0.3) is 11.1 Å². The predicted octanol–water partition coefficient (Wildman–Crippen LogP) is 2.46. The van der Waals surface area contributed by atoms with Crippen molar-refractivity contribution in [2.45, 2.75) is 12.8 Å². The maximum Gasteiger partial charge on any atom is 0.161 e. The van der Waals surface area contributed by atoms with Crippen LogP contribution < -0.4 is 18.9 Å². The first-order valence-corrected chi connectivity index (χ1v) is 8.35. The summed E-state index contributed by atoms with van der Waals surface area (Å²) in [6.07, 6.45) is 0.878. The van der Waals surface area contributed by atoms with E-state index in [9.17, 15) is 10.2 Å². The minimum Gasteiger partial charge on any atom is -0.497 e. The van der Waals surface area contributed by atoms with Crippen LogP contribution in [0.4, 0.5) is 0 Å². The van der Waals surface area contributed by atoms with E-state index in [1.807, 2.05) is 18.2 Å². The SMILES string of the molecule is COc1cc(OC)c(CCO)c(-c2cc(OC)c(OC)cc2CCO)c1. The Balaban J connectivity index is 2.79. The highest BCUT2D eigenvalue weighted by molar-refractivity contribution is 5.77. The zero-order valence-electron chi connectivity index (χ0n) is 15.7. The van der Waals surface area contributed by atoms with Crippen molar-refractivity contribution in [1.29, 1.82) is 0 Å². The number of aliphatic hydroxyl groups is 2. The molecule has 2 aromatic rings. The van der Waals surface area contributed by atoms with Crippen LogP contribution in [0.5, 0.6) is 23.0 Å². The Morgan fingerprint density at radius 3 is 1.81 bits per heavy atom. The van der Waals surface area contributed by atoms with E-state index in [1.165, 1.54) is 0 Å². The molecule has 0 atom stereocenters. The van der Waals surface area contributed by atoms with Gasteiger partial charge in [-0.05, 0) is 47.7 Å². The van der Waals surface area contributed by atoms with Gasteiger partial charge in [-0.1, -0.05) is 0 Å². The fourth-order valence-corrected chi connectivity index (χ4v) is 3.03. The summed E-state index contributed by atoms with van der Waals surface area (Å²) >= 11 is 0. The Bertz CT molecular complexity index is 742. The highest BCUT2D eigenvalue weighted by Crippen LogP contribution is 2.41. The fraction of sp³-hybridized carbons (Fsp3) is 0.400. The summed E-state index contributed by atoms with van der Waals surface area (Å²) in [5.74, 6) is 2.46. The van der Waals surface area contributed by atoms with Crippen molar-refractivity contribution in [2.75, 3.05) is 41.7 Å². The quantitative estimate of drug-likeness (QED) is 0.714. The van der Waals surface area contributed by atoms with Crippen molar-refractivity contribution in [3.8, 4) is 34.1 Å². The summed E-state index contributed by atoms with van der Waals surface area (Å²) in [7, 11) is 6.33. The van der Waals surface area contributed by atoms with Gasteiger partial charge in [0.15, 0.2) is 11.5 Å². The molecule has 2 aromatic carbocycles. The van der Waals surface area contributed by atoms with Gasteiger partial charge in [0.2, 0.25) is 0 Å². The van der Waals surface area contributed by atoms with Crippen molar-refractivity contribution in [2.24, 2.45) is 0 Å². The van der Waals surface area contributed by atoms with E-state index in [0.29, 0.717) is 35.8 Å². The molecular weight excluding hydrogens is 336 g/mol. The summed E-state index contributed by atoms with van der Waals surface area (Å²) in [6, 6.07) is 7.43. The van der Waals surface area contributed by atoms with Crippen molar-refractivity contribution < 1.29 is 29.2 Å². The van der Waals surface area contributed by atoms with Crippen LogP contribution in [-0.4, -0.2) is 51.9 Å². The normalized spacial score (nSPS) is 10.5. The van der Waals surface area contributed by atoms with E-state index >= 15 is 0 Å². The minimum atomic E-state index is -0.0156. The van der Waals surface area contributed by atoms with E-state index in [-0.39, 0.29) is 13.2 Å². The van der Waals surface area contributed by atoms with Gasteiger partial charge in [-0.15, -0.1) is 0 Å². The van der Waals surface area contributed by atoms with Gasteiger partial charge in [0, 0.05) is 24.8 Å². The number of methoxy groups -OCH3 is 4. The van der Waals surface area contributed by atoms with Crippen LogP contribution in [0.1, 0.15) is 11.1 Å². The lowest BCUT2D eigenvalue weighted by Crippen LogP contribution is -2.03. The molecule has 26 heavy (non-hydrogen) atoms. The molecule has 142 valence electrons. The van der Waals surface area contributed by atoms with E-state index in [0.717, 1.165) is 22.3 Å². The summed E-state index contributed by atoms with van der Waals surface area (Å²) < 4.78 is 21.7. The molecule has 0 saturated carbocycles. The number of ether oxygens (including phenoxy) is 4. The zero-order chi connectivity index (χ0) is 19.1. The van der Waals surface area contributed by atoms with Crippen LogP contribution in [0.15, 0.2) is 24.3 Å². The van der Waals surface area contributed by atoms with E-state index in [2.05, 4.69) is 0 Å². The van der Waals surface area contributed by atoms with Crippen LogP contribution >= 0.6 is 0 Å². The second kappa shape index (κ2) is 9.31. The molecule has 0 aliphatic heterocycles. The third-order valence-corrected chi connectivity index (χ3v) is 4.28. The van der Waals surface area contributed by atoms with Crippen LogP contribution in [0, 0.1) is 0 Å². The number of aliphatic hydroxyl groups excluding tert-OH is 2. The Morgan fingerprint density at radius 2 is 1.27 bits per heavy atom. The lowest BCUT2D eigenvalue weighted by molar-refractivity contribution is 0.296. The van der Waals surface area contributed by atoms with Gasteiger partial charge in [0.1, 0.15) is 11.5 Å². The number of benzene rings is 2. The first-order valence-electron chi connectivity index (χ1n) is 8.35. The molecule has 0 heterocycles. The molecule has 0 radical (unpaired) electrons. The third kappa shape index (κ3) is 4.03. The minimum absolute atomic E-state index is 0.00107. The maximum absolute atomic E-state index is 9.52. The lowest BCUT2D eigenvalue weighted by atomic mass is 9.91. The molecule has 0 aliphatic carbocycles. The highest BCUT2D eigenvalue weighted by atomic mass is 16.5. The van der Waals surface area contributed by atoms with Crippen LogP contribution in [0.2, 0.25) is 0 Å². The lowest BCUT2D eigenvalue weighted by Gasteiger charge is -2.20. The van der Waals surface area contributed by atoms with Crippen molar-refractivity contribution >= 4 is 0 Å². The molecule has 2 N–H and O–H groups in total. The predicted molar refractivity (Wildman–Crippen MR) is 99.7 cm³/mol. The Kier molecular flexibility index (Phi) is 7.12. The van der Waals surface area contributed by atoms with Gasteiger partial charge in [-0.25, -0.2) is 0 Å². The molecule has 2 rings (SSSR count). The largest absolute Gasteiger partial charge is 0.497 e. The molecule has 0 saturated heterocycles. The molecule has 0 aliphatic rings. The van der Waals surface area contributed by atoms with Gasteiger partial charge < -0.3 is 29.2 Å². The van der Waals surface area contributed by atoms with Crippen molar-refractivity contribution in [3.63, 3.8) is 0 Å². The Labute approximate surface area is 153 Å². The van der Waals surface area contributed by atoms with E-state index in [1.54, 1.807) is 34.5 Å². The molecule has 0 aromatic heterocycles. The Morgan fingerprint density at radius 1 is 0.654 bits per heavy atom. The van der Waals surface area contributed by atoms with Crippen molar-refractivity contribution in [1.82, 2.24) is 0 Å². The summed E-state index contributed by atoms with van der Waals surface area (Å²) in [6.45, 7) is -0.0166. The summed E-state index contributed by atoms with van der Waals surface area (Å²) in [5, 5.41) is 19.0. The summed E-state index contributed by atoms with van der Waals surface area (Å²) in [5.41, 5.74) is 3.50. The average Bonchev–Trinajstić information content (AvgIpc) is 2.68. The molecule has 0 fully saturated rings. The van der Waals surface area contributed by atoms with Crippen LogP contribution in [-0.2, 0) is 12.8 Å². The first-order chi connectivity index (χ1) is 12.6. The maximum atomic E-state index is 9.52. The highest BCUT2D eigenvalue weighted by Gasteiger charge is 2.19. The molecule has 0 amide bonds. The topological polar surface area (TPSA) is 77.4 Å². The molecule has 0 spiro atoms. The monoisotopic (exact) mass is 362 g/mol. The summed E-state index contributed by atoms with van der Waals surface area (Å²) in [4.78, 5) is 0. The standard InChI is InChI=1S/C20H26O6/c1-23-14-10-17(15(6-8-22)18(11-14)24-2)16-12-20(26-4)19(25-3)9-13(16)5-7-21/h9-12,21-22H,5-8H2,1-4H3. The van der Waals surface area contributed by atoms with Gasteiger partial charge >= 0.3 is 0 Å². The molecular formula is C20H26O6. The molecule has 6 heteroatoms. The third-order valence-electron chi connectivity index (χ3n) is 4.28. The average molecular weight is 362 g/mol. The van der Waals surface area contributed by atoms with E-state index in [4.69, 9.17) is 18.9 Å². The van der Waals surface area contributed by atoms with Crippen molar-refractivity contribution in [3.05, 3.63) is 35.4 Å².